The van der Waals surface area contributed by atoms with Crippen LogP contribution in [-0.2, 0) is 19.0 Å². The Labute approximate surface area is 104 Å². The number of hydrogen-bond donors (Lipinski definition) is 1. The van der Waals surface area contributed by atoms with Crippen LogP contribution in [0.1, 0.15) is 0 Å². The highest BCUT2D eigenvalue weighted by Crippen LogP contribution is 2.30. The molecule has 0 aromatic rings. The Morgan fingerprint density at radius 3 is 2.89 bits per heavy atom. The molecule has 18 heavy (non-hydrogen) atoms. The molecule has 100 valence electrons. The largest absolute Gasteiger partial charge is 0.479 e. The van der Waals surface area contributed by atoms with Crippen LogP contribution in [0.2, 0.25) is 0 Å². The van der Waals surface area contributed by atoms with Crippen molar-refractivity contribution in [3.8, 4) is 0 Å². The van der Waals surface area contributed by atoms with E-state index in [-0.39, 0.29) is 26.3 Å². The third-order valence-electron chi connectivity index (χ3n) is 2.84. The average molecular weight is 257 g/mol. The van der Waals surface area contributed by atoms with E-state index in [0.29, 0.717) is 6.61 Å². The predicted octanol–water partition coefficient (Wildman–Crippen LogP) is -0.137. The summed E-state index contributed by atoms with van der Waals surface area (Å²) in [4.78, 5) is 23.7. The second kappa shape index (κ2) is 4.95. The van der Waals surface area contributed by atoms with Crippen LogP contribution in [0.3, 0.4) is 0 Å². The maximum atomic E-state index is 11.5. The van der Waals surface area contributed by atoms with Crippen molar-refractivity contribution in [3.63, 3.8) is 0 Å². The van der Waals surface area contributed by atoms with Gasteiger partial charge in [0.25, 0.3) is 0 Å². The van der Waals surface area contributed by atoms with Crippen LogP contribution in [0.5, 0.6) is 0 Å². The van der Waals surface area contributed by atoms with E-state index in [0.717, 1.165) is 0 Å². The molecule has 2 saturated heterocycles. The van der Waals surface area contributed by atoms with Gasteiger partial charge in [0.1, 0.15) is 12.2 Å². The van der Waals surface area contributed by atoms with Crippen LogP contribution in [0.15, 0.2) is 12.7 Å². The van der Waals surface area contributed by atoms with Gasteiger partial charge >= 0.3 is 12.1 Å². The molecule has 2 fully saturated rings. The molecule has 1 N–H and O–H groups in total. The van der Waals surface area contributed by atoms with Gasteiger partial charge < -0.3 is 24.2 Å². The van der Waals surface area contributed by atoms with Gasteiger partial charge in [-0.05, 0) is 0 Å². The second-order valence-electron chi connectivity index (χ2n) is 4.36. The van der Waals surface area contributed by atoms with Crippen molar-refractivity contribution in [2.75, 3.05) is 32.9 Å². The zero-order valence-electron chi connectivity index (χ0n) is 9.83. The summed E-state index contributed by atoms with van der Waals surface area (Å²) in [5.74, 6) is -1.05. The molecule has 1 atom stereocenters. The van der Waals surface area contributed by atoms with E-state index in [1.165, 1.54) is 11.0 Å². The lowest BCUT2D eigenvalue weighted by Gasteiger charge is -2.51. The quantitative estimate of drug-likeness (QED) is 0.708. The van der Waals surface area contributed by atoms with Crippen molar-refractivity contribution >= 4 is 12.1 Å². The minimum atomic E-state index is -1.05. The fourth-order valence-electron chi connectivity index (χ4n) is 2.01. The molecular weight excluding hydrogens is 242 g/mol. The molecule has 0 bridgehead atoms. The Kier molecular flexibility index (Phi) is 3.53. The van der Waals surface area contributed by atoms with E-state index in [9.17, 15) is 9.59 Å². The van der Waals surface area contributed by atoms with E-state index in [1.54, 1.807) is 0 Å². The van der Waals surface area contributed by atoms with Crippen molar-refractivity contribution < 1.29 is 28.9 Å². The molecule has 0 aliphatic carbocycles. The van der Waals surface area contributed by atoms with Gasteiger partial charge in [-0.15, -0.1) is 0 Å². The first-order chi connectivity index (χ1) is 8.56. The van der Waals surface area contributed by atoms with E-state index in [4.69, 9.17) is 19.3 Å². The zero-order valence-corrected chi connectivity index (χ0v) is 9.83. The molecule has 2 rings (SSSR count). The second-order valence-corrected chi connectivity index (χ2v) is 4.36. The van der Waals surface area contributed by atoms with Crippen LogP contribution in [0.4, 0.5) is 4.79 Å². The van der Waals surface area contributed by atoms with Crippen LogP contribution >= 0.6 is 0 Å². The maximum Gasteiger partial charge on any atom is 0.410 e. The first kappa shape index (κ1) is 12.8. The van der Waals surface area contributed by atoms with Crippen LogP contribution in [-0.4, -0.2) is 66.7 Å². The highest BCUT2D eigenvalue weighted by Gasteiger charge is 2.51. The molecule has 1 spiro atoms. The summed E-state index contributed by atoms with van der Waals surface area (Å²) in [5, 5.41) is 8.86. The Hall–Kier alpha value is -1.60. The van der Waals surface area contributed by atoms with Gasteiger partial charge in [-0.2, -0.15) is 0 Å². The molecule has 0 aromatic carbocycles. The number of aliphatic carboxylic acids is 1. The van der Waals surface area contributed by atoms with Crippen molar-refractivity contribution in [1.29, 1.82) is 0 Å². The van der Waals surface area contributed by atoms with E-state index >= 15 is 0 Å². The smallest absolute Gasteiger partial charge is 0.410 e. The van der Waals surface area contributed by atoms with Crippen LogP contribution in [0, 0.1) is 0 Å². The van der Waals surface area contributed by atoms with Gasteiger partial charge in [-0.1, -0.05) is 12.7 Å². The minimum Gasteiger partial charge on any atom is -0.479 e. The molecule has 7 heteroatoms. The predicted molar refractivity (Wildman–Crippen MR) is 59.2 cm³/mol. The topological polar surface area (TPSA) is 85.3 Å². The van der Waals surface area contributed by atoms with Crippen LogP contribution < -0.4 is 0 Å². The number of amides is 1. The molecule has 2 heterocycles. The van der Waals surface area contributed by atoms with Crippen molar-refractivity contribution in [2.24, 2.45) is 0 Å². The molecule has 2 aliphatic rings. The summed E-state index contributed by atoms with van der Waals surface area (Å²) in [7, 11) is 0. The SMILES string of the molecule is C=CCOC(=O)N1CC2(COCC(C(=O)O)O2)C1. The van der Waals surface area contributed by atoms with Crippen LogP contribution in [0.25, 0.3) is 0 Å². The number of carboxylic acids is 1. The summed E-state index contributed by atoms with van der Waals surface area (Å²) in [6, 6.07) is 0. The standard InChI is InChI=1S/C11H15NO6/c1-2-3-17-10(15)12-5-11(6-12)7-16-4-8(18-11)9(13)14/h2,8H,1,3-7H2,(H,13,14). The fraction of sp³-hybridized carbons (Fsp3) is 0.636. The first-order valence-electron chi connectivity index (χ1n) is 5.57. The monoisotopic (exact) mass is 257 g/mol. The molecule has 1 amide bonds. The normalized spacial score (nSPS) is 25.3. The Morgan fingerprint density at radius 1 is 1.56 bits per heavy atom. The molecule has 0 saturated carbocycles. The van der Waals surface area contributed by atoms with Gasteiger partial charge in [0.15, 0.2) is 6.10 Å². The number of ether oxygens (including phenoxy) is 3. The average Bonchev–Trinajstić information content (AvgIpc) is 2.33. The van der Waals surface area contributed by atoms with E-state index in [1.807, 2.05) is 0 Å². The number of likely N-dealkylation sites (tertiary alicyclic amines) is 1. The van der Waals surface area contributed by atoms with E-state index < -0.39 is 23.8 Å². The molecule has 7 nitrogen and oxygen atoms in total. The summed E-state index contributed by atoms with van der Waals surface area (Å²) in [6.45, 7) is 4.50. The molecule has 0 aromatic heterocycles. The van der Waals surface area contributed by atoms with Gasteiger partial charge in [0, 0.05) is 0 Å². The van der Waals surface area contributed by atoms with Gasteiger partial charge in [0.2, 0.25) is 0 Å². The molecule has 1 unspecified atom stereocenters. The lowest BCUT2D eigenvalue weighted by Crippen LogP contribution is -2.70. The Morgan fingerprint density at radius 2 is 2.28 bits per heavy atom. The Balaban J connectivity index is 1.84. The van der Waals surface area contributed by atoms with Crippen molar-refractivity contribution in [2.45, 2.75) is 11.7 Å². The highest BCUT2D eigenvalue weighted by atomic mass is 16.6. The molecule has 0 radical (unpaired) electrons. The lowest BCUT2D eigenvalue weighted by molar-refractivity contribution is -0.244. The summed E-state index contributed by atoms with van der Waals surface area (Å²) in [6.07, 6.45) is 0.0559. The number of carbonyl (C=O) groups is 2. The number of carbonyl (C=O) groups excluding carboxylic acids is 1. The Bertz CT molecular complexity index is 363. The van der Waals surface area contributed by atoms with Crippen molar-refractivity contribution in [3.05, 3.63) is 12.7 Å². The summed E-state index contributed by atoms with van der Waals surface area (Å²) < 4.78 is 15.5. The molecule has 2 aliphatic heterocycles. The zero-order chi connectivity index (χ0) is 13.2. The number of hydrogen-bond acceptors (Lipinski definition) is 5. The maximum absolute atomic E-state index is 11.5. The van der Waals surface area contributed by atoms with Gasteiger partial charge in [-0.25, -0.2) is 9.59 Å². The fourth-order valence-corrected chi connectivity index (χ4v) is 2.01. The first-order valence-corrected chi connectivity index (χ1v) is 5.57. The number of rotatable bonds is 3. The summed E-state index contributed by atoms with van der Waals surface area (Å²) >= 11 is 0. The number of carboxylic acid groups (broad SMARTS) is 1. The third kappa shape index (κ3) is 2.46. The highest BCUT2D eigenvalue weighted by molar-refractivity contribution is 5.73. The lowest BCUT2D eigenvalue weighted by atomic mass is 9.94. The third-order valence-corrected chi connectivity index (χ3v) is 2.84. The number of nitrogens with zero attached hydrogens (tertiary/aromatic N) is 1. The molecular formula is C11H15NO6. The van der Waals surface area contributed by atoms with Gasteiger partial charge in [-0.3, -0.25) is 0 Å². The van der Waals surface area contributed by atoms with Crippen molar-refractivity contribution in [1.82, 2.24) is 4.90 Å². The summed E-state index contributed by atoms with van der Waals surface area (Å²) in [5.41, 5.74) is -0.700. The van der Waals surface area contributed by atoms with E-state index in [2.05, 4.69) is 6.58 Å². The van der Waals surface area contributed by atoms with Gasteiger partial charge in [0.05, 0.1) is 26.3 Å². The minimum absolute atomic E-state index is 0.0397.